The monoisotopic (exact) mass is 497 g/mol. The molecule has 196 valence electrons. The lowest BCUT2D eigenvalue weighted by Crippen LogP contribution is -2.48. The van der Waals surface area contributed by atoms with Gasteiger partial charge in [-0.05, 0) is 57.2 Å². The SMILES string of the molecule is CCN(CC)C(=O)C1CCN(C(=O)C[C@]2(c3cccc(OC)c3)CC(=O)N(C3CCCC3)C2=O)CC1. The third-order valence-electron chi connectivity index (χ3n) is 8.39. The number of carbonyl (C=O) groups excluding carboxylic acids is 4. The lowest BCUT2D eigenvalue weighted by atomic mass is 9.75. The summed E-state index contributed by atoms with van der Waals surface area (Å²) in [6, 6.07) is 7.14. The molecule has 0 unspecified atom stereocenters. The second kappa shape index (κ2) is 11.0. The van der Waals surface area contributed by atoms with E-state index in [1.165, 1.54) is 4.90 Å². The maximum Gasteiger partial charge on any atom is 0.241 e. The molecule has 4 rings (SSSR count). The van der Waals surface area contributed by atoms with Crippen molar-refractivity contribution in [2.75, 3.05) is 33.3 Å². The molecular formula is C28H39N3O5. The van der Waals surface area contributed by atoms with Crippen LogP contribution in [0, 0.1) is 5.92 Å². The van der Waals surface area contributed by atoms with Gasteiger partial charge < -0.3 is 14.5 Å². The van der Waals surface area contributed by atoms with Crippen LogP contribution < -0.4 is 4.74 Å². The number of piperidine rings is 1. The second-order valence-corrected chi connectivity index (χ2v) is 10.3. The molecule has 2 heterocycles. The molecule has 8 heteroatoms. The van der Waals surface area contributed by atoms with Crippen molar-refractivity contribution < 1.29 is 23.9 Å². The second-order valence-electron chi connectivity index (χ2n) is 10.3. The zero-order valence-corrected chi connectivity index (χ0v) is 21.8. The summed E-state index contributed by atoms with van der Waals surface area (Å²) in [4.78, 5) is 58.6. The van der Waals surface area contributed by atoms with Crippen LogP contribution in [0.15, 0.2) is 24.3 Å². The Balaban J connectivity index is 1.55. The largest absolute Gasteiger partial charge is 0.497 e. The zero-order chi connectivity index (χ0) is 25.9. The van der Waals surface area contributed by atoms with Gasteiger partial charge in [0.15, 0.2) is 0 Å². The summed E-state index contributed by atoms with van der Waals surface area (Å²) in [5, 5.41) is 0. The fourth-order valence-electron chi connectivity index (χ4n) is 6.22. The molecule has 2 saturated heterocycles. The highest BCUT2D eigenvalue weighted by atomic mass is 16.5. The molecule has 0 N–H and O–H groups in total. The van der Waals surface area contributed by atoms with Crippen molar-refractivity contribution in [1.82, 2.24) is 14.7 Å². The number of rotatable bonds is 8. The van der Waals surface area contributed by atoms with E-state index in [2.05, 4.69) is 0 Å². The smallest absolute Gasteiger partial charge is 0.241 e. The Morgan fingerprint density at radius 2 is 1.72 bits per heavy atom. The van der Waals surface area contributed by atoms with E-state index in [4.69, 9.17) is 4.74 Å². The number of likely N-dealkylation sites (tertiary alicyclic amines) is 2. The van der Waals surface area contributed by atoms with Gasteiger partial charge in [0.1, 0.15) is 5.75 Å². The predicted octanol–water partition coefficient (Wildman–Crippen LogP) is 3.13. The van der Waals surface area contributed by atoms with Crippen molar-refractivity contribution in [3.05, 3.63) is 29.8 Å². The highest BCUT2D eigenvalue weighted by Gasteiger charge is 2.56. The van der Waals surface area contributed by atoms with E-state index >= 15 is 0 Å². The van der Waals surface area contributed by atoms with Gasteiger partial charge in [-0.3, -0.25) is 24.1 Å². The molecule has 8 nitrogen and oxygen atoms in total. The Kier molecular flexibility index (Phi) is 8.00. The van der Waals surface area contributed by atoms with Crippen molar-refractivity contribution in [1.29, 1.82) is 0 Å². The van der Waals surface area contributed by atoms with Crippen LogP contribution in [-0.4, -0.2) is 77.7 Å². The Hall–Kier alpha value is -2.90. The van der Waals surface area contributed by atoms with E-state index in [9.17, 15) is 19.2 Å². The summed E-state index contributed by atoms with van der Waals surface area (Å²) < 4.78 is 5.40. The Morgan fingerprint density at radius 3 is 2.33 bits per heavy atom. The maximum absolute atomic E-state index is 14.0. The molecule has 3 fully saturated rings. The normalized spacial score (nSPS) is 23.4. The standard InChI is InChI=1S/C28H39N3O5/c1-4-29(5-2)26(34)20-13-15-30(16-14-20)24(32)18-28(21-9-8-12-23(17-21)36-3)19-25(33)31(27(28)35)22-10-6-7-11-22/h8-9,12,17,20,22H,4-7,10-11,13-16,18-19H2,1-3H3/t28-/m1/s1. The summed E-state index contributed by atoms with van der Waals surface area (Å²) in [6.45, 7) is 6.30. The molecule has 0 bridgehead atoms. The minimum Gasteiger partial charge on any atom is -0.497 e. The number of amides is 4. The molecule has 1 aromatic rings. The van der Waals surface area contributed by atoms with Crippen molar-refractivity contribution in [2.24, 2.45) is 5.92 Å². The van der Waals surface area contributed by atoms with Crippen molar-refractivity contribution in [2.45, 2.75) is 76.7 Å². The van der Waals surface area contributed by atoms with E-state index in [1.54, 1.807) is 30.2 Å². The molecule has 4 amide bonds. The fourth-order valence-corrected chi connectivity index (χ4v) is 6.22. The van der Waals surface area contributed by atoms with Gasteiger partial charge in [0.25, 0.3) is 0 Å². The molecule has 0 spiro atoms. The number of hydrogen-bond acceptors (Lipinski definition) is 5. The fraction of sp³-hybridized carbons (Fsp3) is 0.643. The Morgan fingerprint density at radius 1 is 1.06 bits per heavy atom. The molecule has 3 aliphatic rings. The van der Waals surface area contributed by atoms with Crippen LogP contribution >= 0.6 is 0 Å². The molecule has 1 aliphatic carbocycles. The highest BCUT2D eigenvalue weighted by molar-refractivity contribution is 6.11. The van der Waals surface area contributed by atoms with Crippen LogP contribution in [0.4, 0.5) is 0 Å². The van der Waals surface area contributed by atoms with E-state index in [-0.39, 0.29) is 48.4 Å². The summed E-state index contributed by atoms with van der Waals surface area (Å²) in [6.07, 6.45) is 4.85. The zero-order valence-electron chi connectivity index (χ0n) is 21.8. The van der Waals surface area contributed by atoms with Crippen molar-refractivity contribution in [3.8, 4) is 5.75 Å². The molecule has 1 atom stereocenters. The topological polar surface area (TPSA) is 87.2 Å². The van der Waals surface area contributed by atoms with E-state index < -0.39 is 5.41 Å². The average Bonchev–Trinajstić information content (AvgIpc) is 3.51. The predicted molar refractivity (Wildman–Crippen MR) is 135 cm³/mol. The van der Waals surface area contributed by atoms with Crippen molar-refractivity contribution >= 4 is 23.6 Å². The number of benzene rings is 1. The molecule has 0 radical (unpaired) electrons. The van der Waals surface area contributed by atoms with E-state index in [0.29, 0.717) is 50.3 Å². The summed E-state index contributed by atoms with van der Waals surface area (Å²) in [7, 11) is 1.56. The summed E-state index contributed by atoms with van der Waals surface area (Å²) in [5.74, 6) is 0.0896. The number of carbonyl (C=O) groups is 4. The lowest BCUT2D eigenvalue weighted by molar-refractivity contribution is -0.145. The highest BCUT2D eigenvalue weighted by Crippen LogP contribution is 2.44. The first-order chi connectivity index (χ1) is 17.3. The van der Waals surface area contributed by atoms with Crippen LogP contribution in [0.1, 0.15) is 70.8 Å². The molecular weight excluding hydrogens is 458 g/mol. The van der Waals surface area contributed by atoms with Crippen molar-refractivity contribution in [3.63, 3.8) is 0 Å². The number of ether oxygens (including phenoxy) is 1. The molecule has 1 aromatic carbocycles. The summed E-state index contributed by atoms with van der Waals surface area (Å²) >= 11 is 0. The maximum atomic E-state index is 14.0. The minimum absolute atomic E-state index is 0.00183. The van der Waals surface area contributed by atoms with Gasteiger partial charge in [-0.15, -0.1) is 0 Å². The lowest BCUT2D eigenvalue weighted by Gasteiger charge is -2.36. The quantitative estimate of drug-likeness (QED) is 0.515. The van der Waals surface area contributed by atoms with Gasteiger partial charge >= 0.3 is 0 Å². The first kappa shape index (κ1) is 26.2. The van der Waals surface area contributed by atoms with E-state index in [1.807, 2.05) is 24.8 Å². The van der Waals surface area contributed by atoms with E-state index in [0.717, 1.165) is 25.7 Å². The van der Waals surface area contributed by atoms with Gasteiger partial charge in [-0.1, -0.05) is 25.0 Å². The van der Waals surface area contributed by atoms with Gasteiger partial charge in [-0.25, -0.2) is 0 Å². The first-order valence-corrected chi connectivity index (χ1v) is 13.4. The first-order valence-electron chi connectivity index (χ1n) is 13.4. The molecule has 0 aromatic heterocycles. The van der Waals surface area contributed by atoms with Crippen LogP contribution in [0.3, 0.4) is 0 Å². The Bertz CT molecular complexity index is 993. The minimum atomic E-state index is -1.22. The van der Waals surface area contributed by atoms with Gasteiger partial charge in [-0.2, -0.15) is 0 Å². The van der Waals surface area contributed by atoms with Crippen LogP contribution in [0.2, 0.25) is 0 Å². The molecule has 2 aliphatic heterocycles. The Labute approximate surface area is 213 Å². The van der Waals surface area contributed by atoms with Crippen LogP contribution in [0.25, 0.3) is 0 Å². The number of nitrogens with zero attached hydrogens (tertiary/aromatic N) is 3. The number of hydrogen-bond donors (Lipinski definition) is 0. The van der Waals surface area contributed by atoms with Gasteiger partial charge in [0.05, 0.1) is 12.5 Å². The third-order valence-corrected chi connectivity index (χ3v) is 8.39. The summed E-state index contributed by atoms with van der Waals surface area (Å²) in [5.41, 5.74) is -0.570. The number of imide groups is 1. The third kappa shape index (κ3) is 4.87. The molecule has 1 saturated carbocycles. The van der Waals surface area contributed by atoms with Crippen LogP contribution in [0.5, 0.6) is 5.75 Å². The van der Waals surface area contributed by atoms with Gasteiger partial charge in [0, 0.05) is 51.0 Å². The van der Waals surface area contributed by atoms with Gasteiger partial charge in [0.2, 0.25) is 23.6 Å². The number of methoxy groups -OCH3 is 1. The molecule has 36 heavy (non-hydrogen) atoms. The average molecular weight is 498 g/mol. The van der Waals surface area contributed by atoms with Crippen LogP contribution in [-0.2, 0) is 24.6 Å².